The van der Waals surface area contributed by atoms with Crippen molar-refractivity contribution >= 4 is 23.3 Å². The predicted octanol–water partition coefficient (Wildman–Crippen LogP) is -2.15. The SMILES string of the molecule is COC1OC(C(=O)O)C(OC2OC(C(=O)Nc3ccc(C(C)=O)cc3)C(OC)C(O)C2O)C(O)C1O. The van der Waals surface area contributed by atoms with Gasteiger partial charge in [-0.2, -0.15) is 0 Å². The van der Waals surface area contributed by atoms with Gasteiger partial charge in [-0.25, -0.2) is 4.79 Å². The molecule has 2 aliphatic rings. The third kappa shape index (κ3) is 5.72. The van der Waals surface area contributed by atoms with E-state index in [-0.39, 0.29) is 11.5 Å². The summed E-state index contributed by atoms with van der Waals surface area (Å²) in [5, 5.41) is 53.7. The number of rotatable bonds is 8. The molecule has 14 heteroatoms. The number of carbonyl (C=O) groups is 3. The second-order valence-corrected chi connectivity index (χ2v) is 8.31. The van der Waals surface area contributed by atoms with E-state index < -0.39 is 73.3 Å². The lowest BCUT2D eigenvalue weighted by molar-refractivity contribution is -0.348. The van der Waals surface area contributed by atoms with Crippen molar-refractivity contribution in [1.82, 2.24) is 0 Å². The fourth-order valence-electron chi connectivity index (χ4n) is 3.96. The van der Waals surface area contributed by atoms with Crippen LogP contribution < -0.4 is 5.32 Å². The average Bonchev–Trinajstić information content (AvgIpc) is 2.84. The molecular weight excluding hydrogens is 486 g/mol. The first-order valence-corrected chi connectivity index (χ1v) is 10.9. The van der Waals surface area contributed by atoms with Crippen LogP contribution in [0.15, 0.2) is 24.3 Å². The molecule has 2 saturated heterocycles. The number of nitrogens with one attached hydrogen (secondary N) is 1. The van der Waals surface area contributed by atoms with Crippen LogP contribution in [-0.2, 0) is 33.3 Å². The Morgan fingerprint density at radius 3 is 1.89 bits per heavy atom. The zero-order valence-electron chi connectivity index (χ0n) is 19.6. The van der Waals surface area contributed by atoms with Crippen LogP contribution in [-0.4, -0.2) is 119 Å². The molecule has 0 saturated carbocycles. The third-order valence-corrected chi connectivity index (χ3v) is 5.95. The highest BCUT2D eigenvalue weighted by Gasteiger charge is 2.54. The Bertz CT molecular complexity index is 940. The number of benzene rings is 1. The van der Waals surface area contributed by atoms with E-state index in [1.165, 1.54) is 38.3 Å². The summed E-state index contributed by atoms with van der Waals surface area (Å²) in [6.07, 6.45) is -17.0. The summed E-state index contributed by atoms with van der Waals surface area (Å²) in [6, 6.07) is 5.93. The molecule has 0 radical (unpaired) electrons. The number of carboxylic acids is 1. The molecule has 2 aliphatic heterocycles. The van der Waals surface area contributed by atoms with Gasteiger partial charge in [0.2, 0.25) is 0 Å². The van der Waals surface area contributed by atoms with Crippen LogP contribution in [0.2, 0.25) is 0 Å². The first-order chi connectivity index (χ1) is 17.0. The fraction of sp³-hybridized carbons (Fsp3) is 0.591. The minimum atomic E-state index is -1.86. The Hall–Kier alpha value is -2.53. The van der Waals surface area contributed by atoms with E-state index in [2.05, 4.69) is 5.32 Å². The van der Waals surface area contributed by atoms with Crippen LogP contribution in [0.25, 0.3) is 0 Å². The van der Waals surface area contributed by atoms with E-state index in [1.807, 2.05) is 0 Å². The van der Waals surface area contributed by atoms with E-state index >= 15 is 0 Å². The van der Waals surface area contributed by atoms with Gasteiger partial charge in [-0.3, -0.25) is 9.59 Å². The fourth-order valence-corrected chi connectivity index (χ4v) is 3.96. The second-order valence-electron chi connectivity index (χ2n) is 8.31. The third-order valence-electron chi connectivity index (χ3n) is 5.95. The summed E-state index contributed by atoms with van der Waals surface area (Å²) in [4.78, 5) is 36.1. The largest absolute Gasteiger partial charge is 0.479 e. The van der Waals surface area contributed by atoms with Gasteiger partial charge in [0, 0.05) is 25.5 Å². The molecule has 200 valence electrons. The molecule has 36 heavy (non-hydrogen) atoms. The number of ketones is 1. The Kier molecular flexibility index (Phi) is 9.10. The van der Waals surface area contributed by atoms with Crippen LogP contribution in [0.4, 0.5) is 5.69 Å². The summed E-state index contributed by atoms with van der Waals surface area (Å²) in [5.74, 6) is -2.56. The van der Waals surface area contributed by atoms with Crippen molar-refractivity contribution in [3.8, 4) is 0 Å². The molecule has 1 aromatic carbocycles. The van der Waals surface area contributed by atoms with Crippen molar-refractivity contribution in [1.29, 1.82) is 0 Å². The molecule has 10 atom stereocenters. The van der Waals surface area contributed by atoms with Gasteiger partial charge in [-0.05, 0) is 31.2 Å². The highest BCUT2D eigenvalue weighted by atomic mass is 16.7. The van der Waals surface area contributed by atoms with Crippen molar-refractivity contribution in [3.63, 3.8) is 0 Å². The van der Waals surface area contributed by atoms with Gasteiger partial charge in [0.25, 0.3) is 5.91 Å². The van der Waals surface area contributed by atoms with Crippen LogP contribution in [0.5, 0.6) is 0 Å². The molecule has 1 amide bonds. The number of anilines is 1. The smallest absolute Gasteiger partial charge is 0.335 e. The molecule has 2 fully saturated rings. The Balaban J connectivity index is 1.80. The van der Waals surface area contributed by atoms with Crippen LogP contribution in [0, 0.1) is 0 Å². The molecule has 3 rings (SSSR count). The lowest BCUT2D eigenvalue weighted by atomic mass is 9.96. The average molecular weight is 515 g/mol. The molecular formula is C22H29NO13. The van der Waals surface area contributed by atoms with Gasteiger partial charge in [0.15, 0.2) is 30.6 Å². The zero-order valence-corrected chi connectivity index (χ0v) is 19.6. The molecule has 0 aromatic heterocycles. The van der Waals surface area contributed by atoms with Crippen LogP contribution in [0.3, 0.4) is 0 Å². The standard InChI is InChI=1S/C22H29NO13/c1-8(24)9-4-6-10(7-5-9)23-19(29)17-15(32-2)11(25)14(28)22(35-17)34-16-12(26)13(27)21(33-3)36-18(16)20(30)31/h4-7,11-18,21-22,25-28H,1-3H3,(H,23,29)(H,30,31). The number of Topliss-reactive ketones (excluding diaryl/α,β-unsaturated/α-hetero) is 1. The first-order valence-electron chi connectivity index (χ1n) is 10.9. The molecule has 1 aromatic rings. The molecule has 0 aliphatic carbocycles. The van der Waals surface area contributed by atoms with E-state index in [9.17, 15) is 39.9 Å². The van der Waals surface area contributed by atoms with Gasteiger partial charge >= 0.3 is 5.97 Å². The van der Waals surface area contributed by atoms with Crippen molar-refractivity contribution in [2.75, 3.05) is 19.5 Å². The summed E-state index contributed by atoms with van der Waals surface area (Å²) in [5.41, 5.74) is 0.708. The molecule has 0 bridgehead atoms. The number of carboxylic acid groups (broad SMARTS) is 1. The van der Waals surface area contributed by atoms with Gasteiger partial charge < -0.3 is 54.5 Å². The minimum absolute atomic E-state index is 0.171. The first kappa shape index (κ1) is 28.0. The molecule has 2 heterocycles. The van der Waals surface area contributed by atoms with E-state index in [0.29, 0.717) is 5.56 Å². The van der Waals surface area contributed by atoms with Crippen molar-refractivity contribution in [2.24, 2.45) is 0 Å². The highest BCUT2D eigenvalue weighted by molar-refractivity contribution is 5.97. The van der Waals surface area contributed by atoms with E-state index in [0.717, 1.165) is 7.11 Å². The zero-order chi connectivity index (χ0) is 26.7. The van der Waals surface area contributed by atoms with Crippen molar-refractivity contribution < 1.29 is 63.6 Å². The number of carbonyl (C=O) groups excluding carboxylic acids is 2. The Morgan fingerprint density at radius 1 is 0.806 bits per heavy atom. The number of aliphatic hydroxyl groups excluding tert-OH is 4. The van der Waals surface area contributed by atoms with Crippen LogP contribution in [0.1, 0.15) is 17.3 Å². The normalized spacial score (nSPS) is 36.8. The monoisotopic (exact) mass is 515 g/mol. The number of hydrogen-bond donors (Lipinski definition) is 6. The second kappa shape index (κ2) is 11.7. The molecule has 14 nitrogen and oxygen atoms in total. The maximum absolute atomic E-state index is 13.0. The maximum Gasteiger partial charge on any atom is 0.335 e. The summed E-state index contributed by atoms with van der Waals surface area (Å²) < 4.78 is 26.1. The quantitative estimate of drug-likeness (QED) is 0.204. The topological polar surface area (TPSA) is 211 Å². The highest BCUT2D eigenvalue weighted by Crippen LogP contribution is 2.30. The number of aliphatic carboxylic acids is 1. The maximum atomic E-state index is 13.0. The van der Waals surface area contributed by atoms with Crippen molar-refractivity contribution in [3.05, 3.63) is 29.8 Å². The van der Waals surface area contributed by atoms with E-state index in [4.69, 9.17) is 23.7 Å². The number of hydrogen-bond acceptors (Lipinski definition) is 12. The lowest BCUT2D eigenvalue weighted by Crippen LogP contribution is -2.66. The number of methoxy groups -OCH3 is 2. The van der Waals surface area contributed by atoms with Gasteiger partial charge in [-0.1, -0.05) is 0 Å². The number of ether oxygens (including phenoxy) is 5. The lowest BCUT2D eigenvalue weighted by Gasteiger charge is -2.45. The molecule has 10 unspecified atom stereocenters. The summed E-state index contributed by atoms with van der Waals surface area (Å²) in [7, 11) is 2.31. The number of aliphatic hydroxyl groups is 4. The number of amides is 1. The van der Waals surface area contributed by atoms with Crippen LogP contribution >= 0.6 is 0 Å². The van der Waals surface area contributed by atoms with Gasteiger partial charge in [0.1, 0.15) is 36.6 Å². The predicted molar refractivity (Wildman–Crippen MR) is 117 cm³/mol. The van der Waals surface area contributed by atoms with Gasteiger partial charge in [-0.15, -0.1) is 0 Å². The van der Waals surface area contributed by atoms with Crippen molar-refractivity contribution in [2.45, 2.75) is 68.3 Å². The molecule has 0 spiro atoms. The summed E-state index contributed by atoms with van der Waals surface area (Å²) in [6.45, 7) is 1.39. The Morgan fingerprint density at radius 2 is 1.36 bits per heavy atom. The Labute approximate surface area is 205 Å². The molecule has 6 N–H and O–H groups in total. The van der Waals surface area contributed by atoms with E-state index in [1.54, 1.807) is 0 Å². The summed E-state index contributed by atoms with van der Waals surface area (Å²) >= 11 is 0. The van der Waals surface area contributed by atoms with Gasteiger partial charge in [0.05, 0.1) is 0 Å². The minimum Gasteiger partial charge on any atom is -0.479 e.